The van der Waals surface area contributed by atoms with Crippen molar-refractivity contribution < 1.29 is 33.0 Å². The van der Waals surface area contributed by atoms with E-state index in [-0.39, 0.29) is 64.4 Å². The topological polar surface area (TPSA) is 160 Å². The van der Waals surface area contributed by atoms with Gasteiger partial charge in [-0.2, -0.15) is 9.97 Å². The quantitative estimate of drug-likeness (QED) is 0.110. The van der Waals surface area contributed by atoms with Gasteiger partial charge in [-0.25, -0.2) is 13.6 Å². The normalized spacial score (nSPS) is 23.3. The number of hydrogen-bond donors (Lipinski definition) is 3. The SMILES string of the molecule is CCc1c(F)ccc2cc(O)cc(-c3ncc4c(N5CC6CCC(C5)N6)nc(OCC5(CN6CCN(CC7CCC8(CC7)CCN(C(=O)c7ccc(Cl)c(N9CCC(=O)NC9=O)c7)CC8)CC6)CC5)nc4c3F)c12. The number of benzene rings is 3. The van der Waals surface area contributed by atoms with Gasteiger partial charge in [0.2, 0.25) is 5.91 Å². The highest BCUT2D eigenvalue weighted by Crippen LogP contribution is 2.49. The molecule has 5 aromatic rings. The smallest absolute Gasteiger partial charge is 0.328 e. The molecule has 15 nitrogen and oxygen atoms in total. The molecular weight excluding hydrogens is 966 g/mol. The van der Waals surface area contributed by atoms with E-state index in [0.717, 1.165) is 90.9 Å². The lowest BCUT2D eigenvalue weighted by molar-refractivity contribution is -0.120. The average molecular weight is 1030 g/mol. The van der Waals surface area contributed by atoms with Gasteiger partial charge in [-0.3, -0.25) is 24.8 Å². The second-order valence-electron chi connectivity index (χ2n) is 22.5. The van der Waals surface area contributed by atoms with Crippen molar-refractivity contribution in [3.05, 3.63) is 76.4 Å². The highest BCUT2D eigenvalue weighted by Gasteiger charge is 2.46. The fraction of sp³-hybridized carbons (Fsp3) is 0.536. The molecule has 3 N–H and O–H groups in total. The van der Waals surface area contributed by atoms with E-state index >= 15 is 8.78 Å². The van der Waals surface area contributed by atoms with Crippen molar-refractivity contribution in [3.63, 3.8) is 0 Å². The molecule has 2 aromatic heterocycles. The highest BCUT2D eigenvalue weighted by molar-refractivity contribution is 6.34. The van der Waals surface area contributed by atoms with Gasteiger partial charge in [-0.05, 0) is 135 Å². The molecular formula is C56H65ClF2N10O5. The largest absolute Gasteiger partial charge is 0.508 e. The van der Waals surface area contributed by atoms with Gasteiger partial charge in [0, 0.05) is 113 Å². The van der Waals surface area contributed by atoms with Gasteiger partial charge in [0.05, 0.1) is 22.7 Å². The molecule has 12 rings (SSSR count). The second-order valence-corrected chi connectivity index (χ2v) is 23.0. The summed E-state index contributed by atoms with van der Waals surface area (Å²) >= 11 is 6.47. The predicted octanol–water partition coefficient (Wildman–Crippen LogP) is 8.32. The molecule has 5 saturated heterocycles. The number of aromatic nitrogens is 3. The Morgan fingerprint density at radius 1 is 0.878 bits per heavy atom. The number of carbonyl (C=O) groups is 3. The molecule has 0 radical (unpaired) electrons. The number of nitrogens with zero attached hydrogens (tertiary/aromatic N) is 8. The number of pyridine rings is 1. The Kier molecular flexibility index (Phi) is 13.1. The number of piperazine rings is 2. The number of imide groups is 1. The maximum Gasteiger partial charge on any atom is 0.328 e. The average Bonchev–Trinajstić information content (AvgIpc) is 4.09. The number of urea groups is 1. The van der Waals surface area contributed by atoms with E-state index in [9.17, 15) is 19.5 Å². The first-order valence-corrected chi connectivity index (χ1v) is 27.3. The number of nitrogens with one attached hydrogen (secondary N) is 2. The molecule has 3 aromatic carbocycles. The number of hydrogen-bond acceptors (Lipinski definition) is 12. The number of amides is 4. The number of phenols is 1. The van der Waals surface area contributed by atoms with Crippen LogP contribution in [-0.2, 0) is 11.2 Å². The summed E-state index contributed by atoms with van der Waals surface area (Å²) in [5, 5.41) is 18.8. The summed E-state index contributed by atoms with van der Waals surface area (Å²) in [4.78, 5) is 63.2. The molecule has 2 aliphatic carbocycles. The molecule has 7 aliphatic rings. The standard InChI is InChI=1S/C56H65ClF2N10O5/c1-2-40-44(58)8-4-35-25-39(70)27-41(47(35)40)49-48(59)50-42(28-60-49)51(68-30-37-5-6-38(31-68)61-37)64-53(63-50)74-33-56(14-15-56)32-66-23-21-65(22-24-66)29-34-9-12-55(13-10-34)16-19-67(20-17-55)52(72)36-3-7-43(57)45(26-36)69-18-11-46(71)62-54(69)73/h3-4,7-8,25-28,34,37-38,61,70H,2,5-6,9-24,29-33H2,1H3,(H,62,71,73). The fourth-order valence-electron chi connectivity index (χ4n) is 13.2. The van der Waals surface area contributed by atoms with Crippen LogP contribution < -0.4 is 25.2 Å². The van der Waals surface area contributed by atoms with Crippen molar-refractivity contribution >= 4 is 62.6 Å². The maximum atomic E-state index is 17.2. The molecule has 1 spiro atoms. The van der Waals surface area contributed by atoms with Crippen molar-refractivity contribution in [3.8, 4) is 23.0 Å². The summed E-state index contributed by atoms with van der Waals surface area (Å²) in [6, 6.07) is 11.3. The van der Waals surface area contributed by atoms with Crippen molar-refractivity contribution in [2.45, 2.75) is 96.1 Å². The number of anilines is 2. The Hall–Kier alpha value is -5.75. The van der Waals surface area contributed by atoms with Gasteiger partial charge < -0.3 is 34.8 Å². The fourth-order valence-corrected chi connectivity index (χ4v) is 13.4. The molecule has 2 atom stereocenters. The zero-order valence-corrected chi connectivity index (χ0v) is 42.9. The van der Waals surface area contributed by atoms with E-state index in [1.807, 2.05) is 11.8 Å². The number of piperidine rings is 1. The summed E-state index contributed by atoms with van der Waals surface area (Å²) in [7, 11) is 0. The summed E-state index contributed by atoms with van der Waals surface area (Å²) in [5.41, 5.74) is 2.02. The van der Waals surface area contributed by atoms with Gasteiger partial charge in [-0.15, -0.1) is 0 Å². The second kappa shape index (κ2) is 19.7. The van der Waals surface area contributed by atoms with E-state index in [1.165, 1.54) is 42.7 Å². The summed E-state index contributed by atoms with van der Waals surface area (Å²) < 4.78 is 39.0. The number of likely N-dealkylation sites (tertiary alicyclic amines) is 1. The lowest BCUT2D eigenvalue weighted by Gasteiger charge is -2.47. The minimum atomic E-state index is -0.659. The summed E-state index contributed by atoms with van der Waals surface area (Å²) in [6.07, 6.45) is 13.2. The molecule has 2 bridgehead atoms. The first-order chi connectivity index (χ1) is 35.8. The van der Waals surface area contributed by atoms with Gasteiger partial charge in [0.15, 0.2) is 5.82 Å². The van der Waals surface area contributed by atoms with Gasteiger partial charge in [0.1, 0.15) is 28.6 Å². The minimum absolute atomic E-state index is 0.00778. The molecule has 7 heterocycles. The number of carbonyl (C=O) groups excluding carboxylic acids is 3. The highest BCUT2D eigenvalue weighted by atomic mass is 35.5. The Morgan fingerprint density at radius 3 is 2.34 bits per heavy atom. The number of rotatable bonds is 12. The number of aromatic hydroxyl groups is 1. The monoisotopic (exact) mass is 1030 g/mol. The number of phenolic OH excluding ortho intramolecular Hbond substituents is 1. The van der Waals surface area contributed by atoms with Crippen LogP contribution in [-0.4, -0.2) is 143 Å². The number of ether oxygens (including phenoxy) is 1. The zero-order valence-electron chi connectivity index (χ0n) is 42.1. The van der Waals surface area contributed by atoms with Crippen LogP contribution in [0.4, 0.5) is 25.1 Å². The van der Waals surface area contributed by atoms with Crippen LogP contribution in [0.2, 0.25) is 5.02 Å². The lowest BCUT2D eigenvalue weighted by atomic mass is 9.65. The lowest BCUT2D eigenvalue weighted by Crippen LogP contribution is -2.51. The summed E-state index contributed by atoms with van der Waals surface area (Å²) in [6.45, 7) is 11.5. The molecule has 390 valence electrons. The maximum absolute atomic E-state index is 17.2. The van der Waals surface area contributed by atoms with E-state index < -0.39 is 11.8 Å². The van der Waals surface area contributed by atoms with Crippen molar-refractivity contribution in [1.82, 2.24) is 40.3 Å². The number of halogens is 3. The Morgan fingerprint density at radius 2 is 1.62 bits per heavy atom. The van der Waals surface area contributed by atoms with Crippen molar-refractivity contribution in [2.75, 3.05) is 88.4 Å². The van der Waals surface area contributed by atoms with E-state index in [1.54, 1.807) is 36.5 Å². The Bertz CT molecular complexity index is 3010. The molecule has 18 heteroatoms. The van der Waals surface area contributed by atoms with Crippen LogP contribution in [0.3, 0.4) is 0 Å². The van der Waals surface area contributed by atoms with Crippen LogP contribution in [0.25, 0.3) is 32.9 Å². The zero-order chi connectivity index (χ0) is 50.9. The van der Waals surface area contributed by atoms with Crippen LogP contribution in [0.15, 0.2) is 48.7 Å². The van der Waals surface area contributed by atoms with E-state index in [0.29, 0.717) is 93.5 Å². The van der Waals surface area contributed by atoms with Crippen LogP contribution in [0.5, 0.6) is 11.8 Å². The summed E-state index contributed by atoms with van der Waals surface area (Å²) in [5.74, 6) is -0.215. The van der Waals surface area contributed by atoms with Crippen LogP contribution in [0.1, 0.15) is 93.5 Å². The van der Waals surface area contributed by atoms with Crippen LogP contribution in [0, 0.1) is 28.4 Å². The molecule has 74 heavy (non-hydrogen) atoms. The number of aryl methyl sites for hydroxylation is 1. The first kappa shape index (κ1) is 49.1. The Labute approximate surface area is 434 Å². The third kappa shape index (κ3) is 9.62. The van der Waals surface area contributed by atoms with Crippen LogP contribution >= 0.6 is 11.6 Å². The molecule has 7 fully saturated rings. The van der Waals surface area contributed by atoms with Crippen molar-refractivity contribution in [1.29, 1.82) is 0 Å². The van der Waals surface area contributed by atoms with Crippen molar-refractivity contribution in [2.24, 2.45) is 16.7 Å². The minimum Gasteiger partial charge on any atom is -0.508 e. The molecule has 2 unspecified atom stereocenters. The van der Waals surface area contributed by atoms with E-state index in [4.69, 9.17) is 26.3 Å². The third-order valence-electron chi connectivity index (χ3n) is 17.7. The van der Waals surface area contributed by atoms with Gasteiger partial charge in [-0.1, -0.05) is 24.6 Å². The predicted molar refractivity (Wildman–Crippen MR) is 280 cm³/mol. The third-order valence-corrected chi connectivity index (χ3v) is 18.1. The van der Waals surface area contributed by atoms with Gasteiger partial charge in [0.25, 0.3) is 5.91 Å². The first-order valence-electron chi connectivity index (χ1n) is 26.9. The molecule has 4 amide bonds. The number of fused-ring (bicyclic) bond motifs is 4. The van der Waals surface area contributed by atoms with E-state index in [2.05, 4.69) is 30.3 Å². The molecule has 2 saturated carbocycles. The van der Waals surface area contributed by atoms with Gasteiger partial charge >= 0.3 is 12.0 Å². The molecule has 5 aliphatic heterocycles. The Balaban J connectivity index is 0.657.